The van der Waals surface area contributed by atoms with E-state index in [0.29, 0.717) is 0 Å². The van der Waals surface area contributed by atoms with Crippen molar-refractivity contribution < 1.29 is 19.0 Å². The van der Waals surface area contributed by atoms with E-state index >= 15 is 0 Å². The number of aliphatic carboxylic acids is 1. The van der Waals surface area contributed by atoms with Crippen molar-refractivity contribution in [2.75, 3.05) is 6.61 Å². The molecule has 1 aromatic carbocycles. The van der Waals surface area contributed by atoms with E-state index in [0.717, 1.165) is 5.56 Å². The average molecular weight is 210 g/mol. The van der Waals surface area contributed by atoms with Crippen molar-refractivity contribution in [3.63, 3.8) is 0 Å². The molecule has 80 valence electrons. The molecule has 0 aromatic heterocycles. The molecule has 0 aliphatic heterocycles. The molecule has 1 aromatic rings. The van der Waals surface area contributed by atoms with Gasteiger partial charge in [-0.1, -0.05) is 42.5 Å². The van der Waals surface area contributed by atoms with E-state index in [2.05, 4.69) is 4.74 Å². The molecule has 0 saturated carbocycles. The van der Waals surface area contributed by atoms with Gasteiger partial charge in [-0.3, -0.25) is 0 Å². The van der Waals surface area contributed by atoms with Crippen LogP contribution in [0.4, 0.5) is 4.39 Å². The first-order chi connectivity index (χ1) is 7.20. The van der Waals surface area contributed by atoms with Crippen molar-refractivity contribution in [1.82, 2.24) is 0 Å². The Labute approximate surface area is 86.8 Å². The van der Waals surface area contributed by atoms with E-state index in [-0.39, 0.29) is 6.61 Å². The summed E-state index contributed by atoms with van der Waals surface area (Å²) >= 11 is 0. The lowest BCUT2D eigenvalue weighted by Gasteiger charge is -2.01. The number of hydrogen-bond acceptors (Lipinski definition) is 2. The van der Waals surface area contributed by atoms with Gasteiger partial charge < -0.3 is 9.84 Å². The summed E-state index contributed by atoms with van der Waals surface area (Å²) < 4.78 is 16.8. The van der Waals surface area contributed by atoms with Gasteiger partial charge in [0.2, 0.25) is 0 Å². The number of benzene rings is 1. The molecule has 0 saturated heterocycles. The van der Waals surface area contributed by atoms with Gasteiger partial charge in [0.1, 0.15) is 0 Å². The number of carboxylic acid groups (broad SMARTS) is 1. The number of rotatable bonds is 5. The second kappa shape index (κ2) is 5.93. The van der Waals surface area contributed by atoms with Crippen LogP contribution in [-0.4, -0.2) is 24.0 Å². The highest BCUT2D eigenvalue weighted by atomic mass is 19.1. The highest BCUT2D eigenvalue weighted by molar-refractivity contribution is 5.70. The third kappa shape index (κ3) is 4.37. The van der Waals surface area contributed by atoms with Gasteiger partial charge in [0.25, 0.3) is 6.36 Å². The van der Waals surface area contributed by atoms with Crippen molar-refractivity contribution in [2.24, 2.45) is 0 Å². The van der Waals surface area contributed by atoms with Crippen LogP contribution in [0, 0.1) is 0 Å². The predicted molar refractivity (Wildman–Crippen MR) is 54.0 cm³/mol. The van der Waals surface area contributed by atoms with Crippen LogP contribution in [0.25, 0.3) is 6.08 Å². The lowest BCUT2D eigenvalue weighted by molar-refractivity contribution is -0.161. The molecule has 4 heteroatoms. The molecule has 0 aliphatic carbocycles. The van der Waals surface area contributed by atoms with Gasteiger partial charge in [-0.25, -0.2) is 9.18 Å². The van der Waals surface area contributed by atoms with Gasteiger partial charge in [-0.15, -0.1) is 0 Å². The van der Waals surface area contributed by atoms with E-state index in [1.165, 1.54) is 0 Å². The second-order valence-electron chi connectivity index (χ2n) is 2.80. The zero-order valence-corrected chi connectivity index (χ0v) is 7.97. The monoisotopic (exact) mass is 210 g/mol. The number of hydrogen-bond donors (Lipinski definition) is 1. The van der Waals surface area contributed by atoms with Gasteiger partial charge in [0, 0.05) is 0 Å². The maximum atomic E-state index is 12.4. The maximum Gasteiger partial charge on any atom is 0.366 e. The second-order valence-corrected chi connectivity index (χ2v) is 2.80. The fourth-order valence-electron chi connectivity index (χ4n) is 0.960. The normalized spacial score (nSPS) is 12.9. The number of ether oxygens (including phenoxy) is 1. The summed E-state index contributed by atoms with van der Waals surface area (Å²) in [4.78, 5) is 10.0. The lowest BCUT2D eigenvalue weighted by atomic mass is 10.2. The fourth-order valence-corrected chi connectivity index (χ4v) is 0.960. The Kier molecular flexibility index (Phi) is 4.50. The van der Waals surface area contributed by atoms with Crippen molar-refractivity contribution in [2.45, 2.75) is 6.36 Å². The molecule has 1 N–H and O–H groups in total. The van der Waals surface area contributed by atoms with E-state index in [1.807, 2.05) is 30.3 Å². The van der Waals surface area contributed by atoms with Crippen molar-refractivity contribution >= 4 is 12.0 Å². The van der Waals surface area contributed by atoms with Gasteiger partial charge >= 0.3 is 5.97 Å². The van der Waals surface area contributed by atoms with E-state index < -0.39 is 12.3 Å². The van der Waals surface area contributed by atoms with Crippen LogP contribution < -0.4 is 0 Å². The molecular weight excluding hydrogens is 199 g/mol. The van der Waals surface area contributed by atoms with Crippen LogP contribution in [0.1, 0.15) is 5.56 Å². The Morgan fingerprint density at radius 1 is 1.47 bits per heavy atom. The Hall–Kier alpha value is -1.68. The standard InChI is InChI=1S/C11H11FO3/c12-10(11(13)14)15-8-4-7-9-5-2-1-3-6-9/h1-7,10H,8H2,(H,13,14). The third-order valence-corrected chi connectivity index (χ3v) is 1.64. The van der Waals surface area contributed by atoms with Crippen LogP contribution in [0.2, 0.25) is 0 Å². The minimum atomic E-state index is -2.26. The van der Waals surface area contributed by atoms with Crippen molar-refractivity contribution in [1.29, 1.82) is 0 Å². The van der Waals surface area contributed by atoms with Crippen LogP contribution in [0.15, 0.2) is 36.4 Å². The number of carboxylic acids is 1. The van der Waals surface area contributed by atoms with Crippen molar-refractivity contribution in [3.8, 4) is 0 Å². The van der Waals surface area contributed by atoms with Crippen molar-refractivity contribution in [3.05, 3.63) is 42.0 Å². The fraction of sp³-hybridized carbons (Fsp3) is 0.182. The first-order valence-corrected chi connectivity index (χ1v) is 4.40. The Balaban J connectivity index is 2.32. The highest BCUT2D eigenvalue weighted by Gasteiger charge is 2.14. The van der Waals surface area contributed by atoms with E-state index in [1.54, 1.807) is 12.2 Å². The summed E-state index contributed by atoms with van der Waals surface area (Å²) in [6.07, 6.45) is 1.03. The molecular formula is C11H11FO3. The number of alkyl halides is 1. The van der Waals surface area contributed by atoms with Crippen LogP contribution >= 0.6 is 0 Å². The molecule has 0 bridgehead atoms. The van der Waals surface area contributed by atoms with Gasteiger partial charge in [0.15, 0.2) is 0 Å². The molecule has 1 rings (SSSR count). The summed E-state index contributed by atoms with van der Waals surface area (Å²) in [6, 6.07) is 9.38. The summed E-state index contributed by atoms with van der Waals surface area (Å²) in [5.41, 5.74) is 0.951. The molecule has 1 atom stereocenters. The molecule has 3 nitrogen and oxygen atoms in total. The molecule has 0 aliphatic rings. The lowest BCUT2D eigenvalue weighted by Crippen LogP contribution is -2.18. The quantitative estimate of drug-likeness (QED) is 0.809. The molecule has 0 amide bonds. The molecule has 15 heavy (non-hydrogen) atoms. The topological polar surface area (TPSA) is 46.5 Å². The zero-order valence-electron chi connectivity index (χ0n) is 7.97. The molecule has 0 spiro atoms. The molecule has 0 heterocycles. The molecule has 1 unspecified atom stereocenters. The van der Waals surface area contributed by atoms with Gasteiger partial charge in [-0.05, 0) is 5.56 Å². The summed E-state index contributed by atoms with van der Waals surface area (Å²) in [7, 11) is 0. The summed E-state index contributed by atoms with van der Waals surface area (Å²) in [5, 5.41) is 8.17. The zero-order chi connectivity index (χ0) is 11.1. The predicted octanol–water partition coefficient (Wildman–Crippen LogP) is 2.10. The van der Waals surface area contributed by atoms with Crippen LogP contribution in [-0.2, 0) is 9.53 Å². The van der Waals surface area contributed by atoms with E-state index in [4.69, 9.17) is 5.11 Å². The Bertz CT molecular complexity index is 335. The van der Waals surface area contributed by atoms with Crippen LogP contribution in [0.3, 0.4) is 0 Å². The summed E-state index contributed by atoms with van der Waals surface area (Å²) in [5.74, 6) is -1.61. The number of halogens is 1. The van der Waals surface area contributed by atoms with Gasteiger partial charge in [0.05, 0.1) is 6.61 Å². The summed E-state index contributed by atoms with van der Waals surface area (Å²) in [6.45, 7) is -0.0671. The first kappa shape index (κ1) is 11.4. The minimum Gasteiger partial charge on any atom is -0.477 e. The highest BCUT2D eigenvalue weighted by Crippen LogP contribution is 2.01. The largest absolute Gasteiger partial charge is 0.477 e. The molecule has 0 radical (unpaired) electrons. The minimum absolute atomic E-state index is 0.0671. The Morgan fingerprint density at radius 3 is 2.73 bits per heavy atom. The van der Waals surface area contributed by atoms with Gasteiger partial charge in [-0.2, -0.15) is 0 Å². The maximum absolute atomic E-state index is 12.4. The van der Waals surface area contributed by atoms with E-state index in [9.17, 15) is 9.18 Å². The average Bonchev–Trinajstić information content (AvgIpc) is 2.25. The third-order valence-electron chi connectivity index (χ3n) is 1.64. The first-order valence-electron chi connectivity index (χ1n) is 4.40. The Morgan fingerprint density at radius 2 is 2.13 bits per heavy atom. The molecule has 0 fully saturated rings. The van der Waals surface area contributed by atoms with Crippen LogP contribution in [0.5, 0.6) is 0 Å². The smallest absolute Gasteiger partial charge is 0.366 e. The SMILES string of the molecule is O=C(O)C(F)OCC=Cc1ccccc1. The number of carbonyl (C=O) groups is 1.